The SMILES string of the molecule is C[C@H]1CC(N/C(=N\O)c2nonc2N)c2ccccc21. The molecule has 1 aliphatic rings. The molecule has 0 bridgehead atoms. The van der Waals surface area contributed by atoms with Crippen molar-refractivity contribution in [3.8, 4) is 0 Å². The number of hydrogen-bond acceptors (Lipinski definition) is 6. The molecular weight excluding hydrogens is 258 g/mol. The van der Waals surface area contributed by atoms with Gasteiger partial charge in [0.1, 0.15) is 0 Å². The molecule has 0 radical (unpaired) electrons. The molecule has 2 atom stereocenters. The van der Waals surface area contributed by atoms with Gasteiger partial charge in [-0.1, -0.05) is 36.3 Å². The van der Waals surface area contributed by atoms with Crippen molar-refractivity contribution in [3.05, 3.63) is 41.1 Å². The van der Waals surface area contributed by atoms with Crippen molar-refractivity contribution >= 4 is 11.7 Å². The van der Waals surface area contributed by atoms with Gasteiger partial charge in [-0.3, -0.25) is 0 Å². The molecule has 3 rings (SSSR count). The van der Waals surface area contributed by atoms with Crippen LogP contribution in [0.5, 0.6) is 0 Å². The Morgan fingerprint density at radius 2 is 2.15 bits per heavy atom. The van der Waals surface area contributed by atoms with Crippen molar-refractivity contribution in [2.75, 3.05) is 5.73 Å². The Labute approximate surface area is 115 Å². The number of nitrogens with zero attached hydrogens (tertiary/aromatic N) is 3. The third kappa shape index (κ3) is 1.97. The molecule has 1 aromatic carbocycles. The molecule has 104 valence electrons. The Kier molecular flexibility index (Phi) is 3.02. The van der Waals surface area contributed by atoms with Gasteiger partial charge in [0, 0.05) is 0 Å². The molecule has 0 amide bonds. The fourth-order valence-corrected chi connectivity index (χ4v) is 2.69. The maximum absolute atomic E-state index is 9.16. The minimum Gasteiger partial charge on any atom is -0.409 e. The lowest BCUT2D eigenvalue weighted by molar-refractivity contribution is 0.303. The van der Waals surface area contributed by atoms with E-state index in [9.17, 15) is 0 Å². The molecule has 0 fully saturated rings. The molecule has 0 saturated carbocycles. The smallest absolute Gasteiger partial charge is 0.199 e. The lowest BCUT2D eigenvalue weighted by Crippen LogP contribution is -2.29. The summed E-state index contributed by atoms with van der Waals surface area (Å²) in [5.41, 5.74) is 8.32. The van der Waals surface area contributed by atoms with E-state index in [0.717, 1.165) is 6.42 Å². The number of nitrogens with two attached hydrogens (primary N) is 1. The van der Waals surface area contributed by atoms with E-state index in [1.165, 1.54) is 11.1 Å². The predicted octanol–water partition coefficient (Wildman–Crippen LogP) is 1.63. The Hall–Kier alpha value is -2.57. The van der Waals surface area contributed by atoms with Gasteiger partial charge in [-0.15, -0.1) is 0 Å². The molecule has 7 nitrogen and oxygen atoms in total. The number of rotatable bonds is 2. The van der Waals surface area contributed by atoms with Crippen molar-refractivity contribution in [2.24, 2.45) is 5.16 Å². The fraction of sp³-hybridized carbons (Fsp3) is 0.308. The number of hydrogen-bond donors (Lipinski definition) is 3. The number of oxime groups is 1. The quantitative estimate of drug-likeness (QED) is 0.332. The topological polar surface area (TPSA) is 110 Å². The second-order valence-electron chi connectivity index (χ2n) is 4.91. The van der Waals surface area contributed by atoms with Gasteiger partial charge in [0.15, 0.2) is 17.3 Å². The molecule has 0 spiro atoms. The molecule has 20 heavy (non-hydrogen) atoms. The van der Waals surface area contributed by atoms with Gasteiger partial charge in [-0.25, -0.2) is 4.63 Å². The van der Waals surface area contributed by atoms with Gasteiger partial charge in [0.25, 0.3) is 0 Å². The molecule has 1 unspecified atom stereocenters. The van der Waals surface area contributed by atoms with Crippen LogP contribution in [-0.2, 0) is 0 Å². The summed E-state index contributed by atoms with van der Waals surface area (Å²) in [4.78, 5) is 0. The lowest BCUT2D eigenvalue weighted by atomic mass is 10.0. The second-order valence-corrected chi connectivity index (χ2v) is 4.91. The fourth-order valence-electron chi connectivity index (χ4n) is 2.69. The second kappa shape index (κ2) is 4.84. The first kappa shape index (κ1) is 12.5. The van der Waals surface area contributed by atoms with E-state index < -0.39 is 0 Å². The van der Waals surface area contributed by atoms with E-state index >= 15 is 0 Å². The monoisotopic (exact) mass is 273 g/mol. The summed E-state index contributed by atoms with van der Waals surface area (Å²) in [6.45, 7) is 2.17. The van der Waals surface area contributed by atoms with Gasteiger partial charge in [0.2, 0.25) is 0 Å². The summed E-state index contributed by atoms with van der Waals surface area (Å²) in [6, 6.07) is 8.24. The van der Waals surface area contributed by atoms with E-state index in [0.29, 0.717) is 5.92 Å². The molecule has 1 heterocycles. The van der Waals surface area contributed by atoms with E-state index in [1.54, 1.807) is 0 Å². The van der Waals surface area contributed by atoms with Crippen LogP contribution in [0.2, 0.25) is 0 Å². The summed E-state index contributed by atoms with van der Waals surface area (Å²) < 4.78 is 4.53. The summed E-state index contributed by atoms with van der Waals surface area (Å²) >= 11 is 0. The summed E-state index contributed by atoms with van der Waals surface area (Å²) in [5, 5.41) is 22.6. The zero-order valence-corrected chi connectivity index (χ0v) is 10.9. The minimum atomic E-state index is 0.0446. The highest BCUT2D eigenvalue weighted by atomic mass is 16.6. The van der Waals surface area contributed by atoms with Gasteiger partial charge >= 0.3 is 0 Å². The van der Waals surface area contributed by atoms with Crippen LogP contribution in [0.3, 0.4) is 0 Å². The first-order valence-corrected chi connectivity index (χ1v) is 6.36. The highest BCUT2D eigenvalue weighted by molar-refractivity contribution is 6.00. The van der Waals surface area contributed by atoms with E-state index in [-0.39, 0.29) is 23.4 Å². The van der Waals surface area contributed by atoms with Crippen LogP contribution in [0, 0.1) is 0 Å². The van der Waals surface area contributed by atoms with Crippen LogP contribution in [0.1, 0.15) is 42.1 Å². The van der Waals surface area contributed by atoms with Gasteiger partial charge in [0.05, 0.1) is 6.04 Å². The van der Waals surface area contributed by atoms with Gasteiger partial charge in [-0.2, -0.15) is 0 Å². The zero-order chi connectivity index (χ0) is 14.1. The standard InChI is InChI=1S/C13H15N5O2/c1-7-6-10(9-5-3-2-4-8(7)9)15-13(16-19)11-12(14)18-20-17-11/h2-5,7,10,19H,6H2,1H3,(H2,14,18)(H,15,16)/t7-,10?/m0/s1. The van der Waals surface area contributed by atoms with E-state index in [4.69, 9.17) is 10.9 Å². The average Bonchev–Trinajstić information content (AvgIpc) is 3.01. The third-order valence-corrected chi connectivity index (χ3v) is 3.64. The molecule has 7 heteroatoms. The Balaban J connectivity index is 1.87. The van der Waals surface area contributed by atoms with E-state index in [2.05, 4.69) is 44.5 Å². The Morgan fingerprint density at radius 3 is 2.80 bits per heavy atom. The summed E-state index contributed by atoms with van der Waals surface area (Å²) in [7, 11) is 0. The van der Waals surface area contributed by atoms with Crippen molar-refractivity contribution in [1.29, 1.82) is 0 Å². The van der Waals surface area contributed by atoms with Crippen molar-refractivity contribution in [3.63, 3.8) is 0 Å². The highest BCUT2D eigenvalue weighted by Gasteiger charge is 2.29. The number of fused-ring (bicyclic) bond motifs is 1. The number of nitrogen functional groups attached to an aromatic ring is 1. The molecule has 1 aromatic heterocycles. The van der Waals surface area contributed by atoms with Gasteiger partial charge in [-0.05, 0) is 33.8 Å². The van der Waals surface area contributed by atoms with Crippen molar-refractivity contribution < 1.29 is 9.84 Å². The lowest BCUT2D eigenvalue weighted by Gasteiger charge is -2.15. The first-order chi connectivity index (χ1) is 9.70. The Bertz CT molecular complexity index is 652. The number of aromatic nitrogens is 2. The van der Waals surface area contributed by atoms with Crippen LogP contribution in [-0.4, -0.2) is 21.4 Å². The number of benzene rings is 1. The van der Waals surface area contributed by atoms with E-state index in [1.807, 2.05) is 12.1 Å². The average molecular weight is 273 g/mol. The van der Waals surface area contributed by atoms with Crippen LogP contribution in [0.4, 0.5) is 5.82 Å². The Morgan fingerprint density at radius 1 is 1.40 bits per heavy atom. The molecule has 0 aliphatic heterocycles. The van der Waals surface area contributed by atoms with Gasteiger partial charge < -0.3 is 16.3 Å². The normalized spacial score (nSPS) is 21.8. The van der Waals surface area contributed by atoms with Crippen LogP contribution in [0.25, 0.3) is 0 Å². The molecule has 4 N–H and O–H groups in total. The van der Waals surface area contributed by atoms with Crippen molar-refractivity contribution in [1.82, 2.24) is 15.6 Å². The molecule has 1 aliphatic carbocycles. The minimum absolute atomic E-state index is 0.0446. The molecule has 2 aromatic rings. The third-order valence-electron chi connectivity index (χ3n) is 3.64. The summed E-state index contributed by atoms with van der Waals surface area (Å²) in [6.07, 6.45) is 0.906. The predicted molar refractivity (Wildman–Crippen MR) is 72.4 cm³/mol. The maximum atomic E-state index is 9.16. The van der Waals surface area contributed by atoms with Crippen LogP contribution < -0.4 is 11.1 Å². The largest absolute Gasteiger partial charge is 0.409 e. The zero-order valence-electron chi connectivity index (χ0n) is 10.9. The van der Waals surface area contributed by atoms with Crippen molar-refractivity contribution in [2.45, 2.75) is 25.3 Å². The van der Waals surface area contributed by atoms with Crippen LogP contribution >= 0.6 is 0 Å². The number of nitrogens with one attached hydrogen (secondary N) is 1. The maximum Gasteiger partial charge on any atom is 0.199 e. The molecular formula is C13H15N5O2. The number of anilines is 1. The summed E-state index contributed by atoms with van der Waals surface area (Å²) in [5.74, 6) is 0.693. The van der Waals surface area contributed by atoms with Crippen LogP contribution in [0.15, 0.2) is 34.1 Å². The highest BCUT2D eigenvalue weighted by Crippen LogP contribution is 2.39. The first-order valence-electron chi connectivity index (χ1n) is 6.36. The number of amidine groups is 1. The molecule has 0 saturated heterocycles.